The van der Waals surface area contributed by atoms with Crippen molar-refractivity contribution >= 4 is 17.9 Å². The third-order valence-electron chi connectivity index (χ3n) is 3.17. The molecule has 0 unspecified atom stereocenters. The molecule has 0 aliphatic heterocycles. The summed E-state index contributed by atoms with van der Waals surface area (Å²) in [4.78, 5) is 33.6. The van der Waals surface area contributed by atoms with Gasteiger partial charge in [0.1, 0.15) is 5.54 Å². The van der Waals surface area contributed by atoms with Gasteiger partial charge < -0.3 is 10.4 Å². The lowest BCUT2D eigenvalue weighted by Crippen LogP contribution is -2.52. The second-order valence-corrected chi connectivity index (χ2v) is 5.99. The summed E-state index contributed by atoms with van der Waals surface area (Å²) in [5.41, 5.74) is -3.15. The van der Waals surface area contributed by atoms with E-state index in [1.807, 2.05) is 0 Å². The number of halogens is 3. The number of alkyl halides is 3. The Morgan fingerprint density at radius 3 is 2.05 bits per heavy atom. The number of rotatable bonds is 5. The van der Waals surface area contributed by atoms with Crippen molar-refractivity contribution in [1.29, 1.82) is 0 Å². The first-order valence-electron chi connectivity index (χ1n) is 6.27. The Morgan fingerprint density at radius 1 is 1.14 bits per heavy atom. The summed E-state index contributed by atoms with van der Waals surface area (Å²) in [5, 5.41) is 12.2. The Labute approximate surface area is 119 Å². The summed E-state index contributed by atoms with van der Waals surface area (Å²) >= 11 is 0. The summed E-state index contributed by atoms with van der Waals surface area (Å²) in [6.45, 7) is 3.02. The highest BCUT2D eigenvalue weighted by Gasteiger charge is 2.64. The molecule has 6 nitrogen and oxygen atoms in total. The third kappa shape index (κ3) is 4.91. The van der Waals surface area contributed by atoms with Gasteiger partial charge in [-0.1, -0.05) is 13.8 Å². The smallest absolute Gasteiger partial charge is 0.411 e. The number of urea groups is 1. The molecule has 1 aliphatic rings. The van der Waals surface area contributed by atoms with Crippen LogP contribution in [0.15, 0.2) is 0 Å². The number of hydrogen-bond acceptors (Lipinski definition) is 3. The molecule has 9 heteroatoms. The topological polar surface area (TPSA) is 95.5 Å². The molecule has 21 heavy (non-hydrogen) atoms. The zero-order valence-corrected chi connectivity index (χ0v) is 11.6. The van der Waals surface area contributed by atoms with E-state index >= 15 is 0 Å². The van der Waals surface area contributed by atoms with E-state index in [2.05, 4.69) is 0 Å². The zero-order chi connectivity index (χ0) is 16.5. The van der Waals surface area contributed by atoms with Crippen LogP contribution in [0.5, 0.6) is 0 Å². The normalized spacial score (nSPS) is 17.0. The average molecular weight is 310 g/mol. The molecule has 0 radical (unpaired) electrons. The van der Waals surface area contributed by atoms with Gasteiger partial charge in [0.25, 0.3) is 0 Å². The quantitative estimate of drug-likeness (QED) is 0.721. The van der Waals surface area contributed by atoms with E-state index in [0.717, 1.165) is 0 Å². The maximum atomic E-state index is 12.6. The Morgan fingerprint density at radius 2 is 1.67 bits per heavy atom. The van der Waals surface area contributed by atoms with E-state index in [1.165, 1.54) is 13.8 Å². The van der Waals surface area contributed by atoms with Crippen LogP contribution in [0.1, 0.15) is 39.5 Å². The minimum absolute atomic E-state index is 0.220. The van der Waals surface area contributed by atoms with Gasteiger partial charge in [-0.05, 0) is 18.3 Å². The average Bonchev–Trinajstić information content (AvgIpc) is 2.92. The van der Waals surface area contributed by atoms with Gasteiger partial charge in [-0.25, -0.2) is 4.79 Å². The first-order chi connectivity index (χ1) is 9.37. The van der Waals surface area contributed by atoms with Gasteiger partial charge >= 0.3 is 18.2 Å². The van der Waals surface area contributed by atoms with E-state index in [-0.39, 0.29) is 25.7 Å². The monoisotopic (exact) mass is 310 g/mol. The van der Waals surface area contributed by atoms with Crippen LogP contribution in [-0.2, 0) is 9.59 Å². The van der Waals surface area contributed by atoms with Gasteiger partial charge in [-0.15, -0.1) is 0 Å². The third-order valence-corrected chi connectivity index (χ3v) is 3.17. The van der Waals surface area contributed by atoms with Crippen LogP contribution < -0.4 is 10.6 Å². The fraction of sp³-hybridized carbons (Fsp3) is 0.750. The molecular weight excluding hydrogens is 293 g/mol. The van der Waals surface area contributed by atoms with Gasteiger partial charge in [0.15, 0.2) is 0 Å². The maximum Gasteiger partial charge on any atom is 0.411 e. The van der Waals surface area contributed by atoms with Crippen LogP contribution in [0.25, 0.3) is 0 Å². The molecule has 0 bridgehead atoms. The highest BCUT2D eigenvalue weighted by molar-refractivity contribution is 5.95. The minimum Gasteiger partial charge on any atom is -0.481 e. The molecule has 3 amide bonds. The van der Waals surface area contributed by atoms with Gasteiger partial charge in [0.2, 0.25) is 5.91 Å². The number of carbonyl (C=O) groups excluding carboxylic acids is 2. The lowest BCUT2D eigenvalue weighted by atomic mass is 9.85. The van der Waals surface area contributed by atoms with Crippen molar-refractivity contribution in [2.75, 3.05) is 0 Å². The SMILES string of the molecule is CC(C)(CC(=O)O)CC(=O)NC(=O)NC1(C(F)(F)F)CC1. The molecule has 0 aromatic heterocycles. The predicted molar refractivity (Wildman–Crippen MR) is 65.3 cm³/mol. The summed E-state index contributed by atoms with van der Waals surface area (Å²) in [5.74, 6) is -1.93. The van der Waals surface area contributed by atoms with Crippen LogP contribution in [-0.4, -0.2) is 34.7 Å². The highest BCUT2D eigenvalue weighted by Crippen LogP contribution is 2.48. The number of aliphatic carboxylic acids is 1. The fourth-order valence-corrected chi connectivity index (χ4v) is 1.93. The second kappa shape index (κ2) is 5.53. The van der Waals surface area contributed by atoms with E-state index in [9.17, 15) is 27.6 Å². The van der Waals surface area contributed by atoms with Crippen molar-refractivity contribution in [2.45, 2.75) is 51.2 Å². The Balaban J connectivity index is 2.49. The summed E-state index contributed by atoms with van der Waals surface area (Å²) in [7, 11) is 0. The van der Waals surface area contributed by atoms with E-state index in [1.54, 1.807) is 10.6 Å². The molecule has 0 heterocycles. The van der Waals surface area contributed by atoms with Crippen LogP contribution in [0.2, 0.25) is 0 Å². The maximum absolute atomic E-state index is 12.6. The molecule has 1 rings (SSSR count). The molecule has 1 aliphatic carbocycles. The standard InChI is InChI=1S/C12H17F3N2O4/c1-10(2,6-8(19)20)5-7(18)16-9(21)17-11(3-4-11)12(13,14)15/h3-6H2,1-2H3,(H,19,20)(H2,16,17,18,21). The molecular formula is C12H17F3N2O4. The molecule has 0 atom stereocenters. The summed E-state index contributed by atoms with van der Waals surface area (Å²) in [6, 6.07) is -1.22. The van der Waals surface area contributed by atoms with Crippen LogP contribution in [0, 0.1) is 5.41 Å². The molecule has 0 aromatic carbocycles. The molecule has 0 spiro atoms. The first kappa shape index (κ1) is 17.3. The van der Waals surface area contributed by atoms with Crippen molar-refractivity contribution in [3.63, 3.8) is 0 Å². The number of carbonyl (C=O) groups is 3. The molecule has 3 N–H and O–H groups in total. The van der Waals surface area contributed by atoms with Crippen LogP contribution in [0.4, 0.5) is 18.0 Å². The molecule has 1 fully saturated rings. The largest absolute Gasteiger partial charge is 0.481 e. The van der Waals surface area contributed by atoms with Crippen molar-refractivity contribution in [2.24, 2.45) is 5.41 Å². The van der Waals surface area contributed by atoms with E-state index in [4.69, 9.17) is 5.11 Å². The number of carboxylic acids is 1. The van der Waals surface area contributed by atoms with Gasteiger partial charge in [0, 0.05) is 6.42 Å². The predicted octanol–water partition coefficient (Wildman–Crippen LogP) is 1.80. The lowest BCUT2D eigenvalue weighted by molar-refractivity contribution is -0.163. The van der Waals surface area contributed by atoms with Gasteiger partial charge in [-0.3, -0.25) is 14.9 Å². The van der Waals surface area contributed by atoms with E-state index in [0.29, 0.717) is 0 Å². The van der Waals surface area contributed by atoms with Crippen molar-refractivity contribution < 1.29 is 32.7 Å². The Hall–Kier alpha value is -1.80. The lowest BCUT2D eigenvalue weighted by Gasteiger charge is -2.23. The van der Waals surface area contributed by atoms with E-state index < -0.39 is 35.0 Å². The highest BCUT2D eigenvalue weighted by atomic mass is 19.4. The second-order valence-electron chi connectivity index (χ2n) is 5.99. The number of amides is 3. The first-order valence-corrected chi connectivity index (χ1v) is 6.27. The van der Waals surface area contributed by atoms with Gasteiger partial charge in [0.05, 0.1) is 6.42 Å². The number of carboxylic acid groups (broad SMARTS) is 1. The Kier molecular flexibility index (Phi) is 4.54. The van der Waals surface area contributed by atoms with Crippen LogP contribution in [0.3, 0.4) is 0 Å². The molecule has 0 aromatic rings. The van der Waals surface area contributed by atoms with Crippen molar-refractivity contribution in [1.82, 2.24) is 10.6 Å². The zero-order valence-electron chi connectivity index (χ0n) is 11.6. The summed E-state index contributed by atoms with van der Waals surface area (Å²) < 4.78 is 37.8. The van der Waals surface area contributed by atoms with Crippen molar-refractivity contribution in [3.8, 4) is 0 Å². The summed E-state index contributed by atoms with van der Waals surface area (Å²) in [6.07, 6.45) is -5.58. The number of nitrogens with one attached hydrogen (secondary N) is 2. The molecule has 120 valence electrons. The fourth-order valence-electron chi connectivity index (χ4n) is 1.93. The van der Waals surface area contributed by atoms with Crippen molar-refractivity contribution in [3.05, 3.63) is 0 Å². The van der Waals surface area contributed by atoms with Gasteiger partial charge in [-0.2, -0.15) is 13.2 Å². The number of imide groups is 1. The molecule has 1 saturated carbocycles. The number of hydrogen-bond donors (Lipinski definition) is 3. The Bertz CT molecular complexity index is 456. The van der Waals surface area contributed by atoms with Crippen LogP contribution >= 0.6 is 0 Å². The minimum atomic E-state index is -4.56. The molecule has 0 saturated heterocycles.